The molecule has 3 rings (SSSR count). The molecule has 28 heavy (non-hydrogen) atoms. The van der Waals surface area contributed by atoms with Crippen molar-refractivity contribution in [3.05, 3.63) is 51.8 Å². The van der Waals surface area contributed by atoms with E-state index in [0.717, 1.165) is 5.56 Å². The van der Waals surface area contributed by atoms with E-state index in [4.69, 9.17) is 11.6 Å². The van der Waals surface area contributed by atoms with Crippen LogP contribution in [0.15, 0.2) is 24.3 Å². The van der Waals surface area contributed by atoms with Gasteiger partial charge in [0.1, 0.15) is 0 Å². The van der Waals surface area contributed by atoms with Crippen molar-refractivity contribution in [3.8, 4) is 0 Å². The number of halogens is 4. The first kappa shape index (κ1) is 20.7. The first-order valence-corrected chi connectivity index (χ1v) is 9.69. The molecule has 1 aliphatic rings. The number of benzene rings is 1. The molecule has 0 saturated heterocycles. The molecule has 0 aliphatic heterocycles. The molecular formula is C20H23ClF3N3O. The highest BCUT2D eigenvalue weighted by molar-refractivity contribution is 6.31. The van der Waals surface area contributed by atoms with Crippen LogP contribution in [0.25, 0.3) is 0 Å². The van der Waals surface area contributed by atoms with E-state index in [1.54, 1.807) is 24.6 Å². The molecule has 0 bridgehead atoms. The summed E-state index contributed by atoms with van der Waals surface area (Å²) in [5.41, 5.74) is 2.51. The van der Waals surface area contributed by atoms with Crippen LogP contribution in [0.2, 0.25) is 5.02 Å². The summed E-state index contributed by atoms with van der Waals surface area (Å²) in [6, 6.07) is 6.91. The van der Waals surface area contributed by atoms with Crippen molar-refractivity contribution >= 4 is 17.5 Å². The van der Waals surface area contributed by atoms with Gasteiger partial charge in [0.15, 0.2) is 0 Å². The van der Waals surface area contributed by atoms with Crippen LogP contribution in [0, 0.1) is 19.8 Å². The number of nitrogens with zero attached hydrogens (tertiary/aromatic N) is 2. The lowest BCUT2D eigenvalue weighted by Gasteiger charge is -2.31. The van der Waals surface area contributed by atoms with Crippen molar-refractivity contribution < 1.29 is 18.0 Å². The van der Waals surface area contributed by atoms with Crippen LogP contribution in [0.1, 0.15) is 53.0 Å². The zero-order valence-corrected chi connectivity index (χ0v) is 16.6. The molecule has 2 unspecified atom stereocenters. The van der Waals surface area contributed by atoms with Gasteiger partial charge in [0.2, 0.25) is 0 Å². The summed E-state index contributed by atoms with van der Waals surface area (Å²) in [5.74, 6) is -1.72. The predicted octanol–water partition coefficient (Wildman–Crippen LogP) is 5.05. The SMILES string of the molecule is Cc1nn(Cc2ccccc2Cl)c(C)c1C(=O)NC1CCCC(C(F)(F)F)C1. The number of alkyl halides is 3. The lowest BCUT2D eigenvalue weighted by atomic mass is 9.85. The van der Waals surface area contributed by atoms with E-state index in [9.17, 15) is 18.0 Å². The van der Waals surface area contributed by atoms with E-state index in [0.29, 0.717) is 41.4 Å². The maximum absolute atomic E-state index is 13.0. The third kappa shape index (κ3) is 4.51. The van der Waals surface area contributed by atoms with E-state index in [1.165, 1.54) is 0 Å². The van der Waals surface area contributed by atoms with E-state index >= 15 is 0 Å². The molecule has 1 N–H and O–H groups in total. The zero-order chi connectivity index (χ0) is 20.5. The normalized spacial score (nSPS) is 20.2. The fourth-order valence-electron chi connectivity index (χ4n) is 3.84. The third-order valence-corrected chi connectivity index (χ3v) is 5.73. The number of aromatic nitrogens is 2. The maximum atomic E-state index is 13.0. The number of rotatable bonds is 4. The summed E-state index contributed by atoms with van der Waals surface area (Å²) >= 11 is 6.20. The minimum absolute atomic E-state index is 0.0684. The van der Waals surface area contributed by atoms with Crippen LogP contribution >= 0.6 is 11.6 Å². The summed E-state index contributed by atoms with van der Waals surface area (Å²) in [7, 11) is 0. The molecule has 8 heteroatoms. The van der Waals surface area contributed by atoms with Crippen molar-refractivity contribution in [1.29, 1.82) is 0 Å². The number of carbonyl (C=O) groups excluding carboxylic acids is 1. The van der Waals surface area contributed by atoms with Gasteiger partial charge in [-0.3, -0.25) is 9.48 Å². The van der Waals surface area contributed by atoms with E-state index in [-0.39, 0.29) is 18.7 Å². The van der Waals surface area contributed by atoms with Gasteiger partial charge in [0.05, 0.1) is 23.7 Å². The molecule has 1 saturated carbocycles. The van der Waals surface area contributed by atoms with Crippen molar-refractivity contribution in [2.45, 2.75) is 58.3 Å². The standard InChI is InChI=1S/C20H23ClF3N3O/c1-12-18(13(2)27(26-12)11-14-6-3-4-9-17(14)21)19(28)25-16-8-5-7-15(10-16)20(22,23)24/h3-4,6,9,15-16H,5,7-8,10-11H2,1-2H3,(H,25,28). The van der Waals surface area contributed by atoms with E-state index in [2.05, 4.69) is 10.4 Å². The highest BCUT2D eigenvalue weighted by Gasteiger charge is 2.42. The molecule has 0 radical (unpaired) electrons. The number of aryl methyl sites for hydroxylation is 1. The Hall–Kier alpha value is -2.02. The van der Waals surface area contributed by atoms with Crippen LogP contribution in [0.3, 0.4) is 0 Å². The average molecular weight is 414 g/mol. The van der Waals surface area contributed by atoms with Crippen LogP contribution in [-0.2, 0) is 6.54 Å². The van der Waals surface area contributed by atoms with E-state index < -0.39 is 18.1 Å². The highest BCUT2D eigenvalue weighted by atomic mass is 35.5. The van der Waals surface area contributed by atoms with Gasteiger partial charge in [0.25, 0.3) is 5.91 Å². The first-order chi connectivity index (χ1) is 13.2. The predicted molar refractivity (Wildman–Crippen MR) is 102 cm³/mol. The Balaban J connectivity index is 1.74. The minimum Gasteiger partial charge on any atom is -0.349 e. The van der Waals surface area contributed by atoms with Crippen molar-refractivity contribution in [3.63, 3.8) is 0 Å². The molecule has 1 aromatic heterocycles. The largest absolute Gasteiger partial charge is 0.391 e. The third-order valence-electron chi connectivity index (χ3n) is 5.36. The summed E-state index contributed by atoms with van der Waals surface area (Å²) in [6.45, 7) is 3.93. The Morgan fingerprint density at radius 3 is 2.68 bits per heavy atom. The van der Waals surface area contributed by atoms with Crippen molar-refractivity contribution in [1.82, 2.24) is 15.1 Å². The second-order valence-electron chi connectivity index (χ2n) is 7.37. The van der Waals surface area contributed by atoms with Crippen LogP contribution < -0.4 is 5.32 Å². The average Bonchev–Trinajstić information content (AvgIpc) is 2.90. The maximum Gasteiger partial charge on any atom is 0.391 e. The van der Waals surface area contributed by atoms with Gasteiger partial charge in [-0.2, -0.15) is 18.3 Å². The smallest absolute Gasteiger partial charge is 0.349 e. The summed E-state index contributed by atoms with van der Waals surface area (Å²) < 4.78 is 40.7. The number of hydrogen-bond donors (Lipinski definition) is 1. The molecule has 1 heterocycles. The van der Waals surface area contributed by atoms with Gasteiger partial charge >= 0.3 is 6.18 Å². The molecular weight excluding hydrogens is 391 g/mol. The summed E-state index contributed by atoms with van der Waals surface area (Å²) in [5, 5.41) is 7.83. The van der Waals surface area contributed by atoms with Gasteiger partial charge in [0, 0.05) is 16.8 Å². The Labute approximate surface area is 167 Å². The lowest BCUT2D eigenvalue weighted by molar-refractivity contribution is -0.183. The van der Waals surface area contributed by atoms with Crippen LogP contribution in [0.4, 0.5) is 13.2 Å². The lowest BCUT2D eigenvalue weighted by Crippen LogP contribution is -2.41. The number of amides is 1. The van der Waals surface area contributed by atoms with Crippen LogP contribution in [0.5, 0.6) is 0 Å². The molecule has 2 aromatic rings. The second-order valence-corrected chi connectivity index (χ2v) is 7.78. The summed E-state index contributed by atoms with van der Waals surface area (Å²) in [6.07, 6.45) is -3.14. The minimum atomic E-state index is -4.21. The monoisotopic (exact) mass is 413 g/mol. The summed E-state index contributed by atoms with van der Waals surface area (Å²) in [4.78, 5) is 12.8. The number of hydrogen-bond acceptors (Lipinski definition) is 2. The number of carbonyl (C=O) groups is 1. The molecule has 1 amide bonds. The molecule has 4 nitrogen and oxygen atoms in total. The molecule has 1 aliphatic carbocycles. The fourth-order valence-corrected chi connectivity index (χ4v) is 4.04. The van der Waals surface area contributed by atoms with Gasteiger partial charge in [-0.25, -0.2) is 0 Å². The second kappa shape index (κ2) is 8.15. The van der Waals surface area contributed by atoms with E-state index in [1.807, 2.05) is 18.2 Å². The fraction of sp³-hybridized carbons (Fsp3) is 0.500. The molecule has 1 fully saturated rings. The van der Waals surface area contributed by atoms with Crippen molar-refractivity contribution in [2.75, 3.05) is 0 Å². The topological polar surface area (TPSA) is 46.9 Å². The number of nitrogens with one attached hydrogen (secondary N) is 1. The Morgan fingerprint density at radius 2 is 2.00 bits per heavy atom. The molecule has 152 valence electrons. The van der Waals surface area contributed by atoms with Crippen molar-refractivity contribution in [2.24, 2.45) is 5.92 Å². The molecule has 2 atom stereocenters. The van der Waals surface area contributed by atoms with Gasteiger partial charge in [-0.05, 0) is 44.7 Å². The Kier molecular flexibility index (Phi) is 6.03. The molecule has 0 spiro atoms. The quantitative estimate of drug-likeness (QED) is 0.762. The molecule has 1 aromatic carbocycles. The first-order valence-electron chi connectivity index (χ1n) is 9.31. The zero-order valence-electron chi connectivity index (χ0n) is 15.8. The van der Waals surface area contributed by atoms with Crippen LogP contribution in [-0.4, -0.2) is 27.9 Å². The van der Waals surface area contributed by atoms with Gasteiger partial charge in [-0.1, -0.05) is 36.2 Å². The Morgan fingerprint density at radius 1 is 1.29 bits per heavy atom. The Bertz CT molecular complexity index is 863. The van der Waals surface area contributed by atoms with Gasteiger partial charge < -0.3 is 5.32 Å². The highest BCUT2D eigenvalue weighted by Crippen LogP contribution is 2.37. The van der Waals surface area contributed by atoms with Gasteiger partial charge in [-0.15, -0.1) is 0 Å².